The first-order chi connectivity index (χ1) is 8.84. The molecule has 0 radical (unpaired) electrons. The molecule has 1 heterocycles. The predicted molar refractivity (Wildman–Crippen MR) is 64.3 cm³/mol. The summed E-state index contributed by atoms with van der Waals surface area (Å²) in [5.74, 6) is -3.86. The molecule has 3 nitrogen and oxygen atoms in total. The van der Waals surface area contributed by atoms with Crippen LogP contribution in [0.1, 0.15) is 25.6 Å². The van der Waals surface area contributed by atoms with Crippen molar-refractivity contribution in [2.24, 2.45) is 0 Å². The number of aromatic hydroxyl groups is 1. The summed E-state index contributed by atoms with van der Waals surface area (Å²) < 4.78 is 42.0. The van der Waals surface area contributed by atoms with Gasteiger partial charge in [0.15, 0.2) is 17.4 Å². The zero-order valence-electron chi connectivity index (χ0n) is 10.7. The van der Waals surface area contributed by atoms with Gasteiger partial charge in [0.25, 0.3) is 0 Å². The minimum Gasteiger partial charge on any atom is -0.504 e. The van der Waals surface area contributed by atoms with E-state index in [2.05, 4.69) is 5.10 Å². The molecule has 0 amide bonds. The van der Waals surface area contributed by atoms with Gasteiger partial charge in [-0.3, -0.25) is 4.68 Å². The minimum absolute atomic E-state index is 0.0978. The van der Waals surface area contributed by atoms with E-state index in [1.54, 1.807) is 6.92 Å². The van der Waals surface area contributed by atoms with Crippen LogP contribution in [0.15, 0.2) is 12.1 Å². The molecule has 0 atom stereocenters. The van der Waals surface area contributed by atoms with E-state index in [0.29, 0.717) is 11.8 Å². The summed E-state index contributed by atoms with van der Waals surface area (Å²) in [7, 11) is 0. The van der Waals surface area contributed by atoms with Crippen LogP contribution >= 0.6 is 0 Å². The van der Waals surface area contributed by atoms with Gasteiger partial charge in [-0.2, -0.15) is 5.10 Å². The molecule has 0 saturated carbocycles. The van der Waals surface area contributed by atoms with E-state index in [0.717, 1.165) is 6.07 Å². The van der Waals surface area contributed by atoms with E-state index >= 15 is 0 Å². The van der Waals surface area contributed by atoms with Gasteiger partial charge < -0.3 is 5.11 Å². The van der Waals surface area contributed by atoms with Crippen molar-refractivity contribution in [2.75, 3.05) is 0 Å². The molecule has 0 unspecified atom stereocenters. The fourth-order valence-corrected chi connectivity index (χ4v) is 1.93. The second kappa shape index (κ2) is 4.60. The Kier molecular flexibility index (Phi) is 3.26. The standard InChI is InChI=1S/C13H13F3N2O/c1-6(2)18-7(3)13(19)12(17-18)10-8(14)4-5-9(15)11(10)16/h4-6,19H,1-3H3. The summed E-state index contributed by atoms with van der Waals surface area (Å²) in [6.07, 6.45) is 0. The highest BCUT2D eigenvalue weighted by molar-refractivity contribution is 5.68. The number of nitrogens with zero attached hydrogens (tertiary/aromatic N) is 2. The molecule has 6 heteroatoms. The topological polar surface area (TPSA) is 38.1 Å². The van der Waals surface area contributed by atoms with Gasteiger partial charge >= 0.3 is 0 Å². The fourth-order valence-electron chi connectivity index (χ4n) is 1.93. The van der Waals surface area contributed by atoms with E-state index in [9.17, 15) is 18.3 Å². The molecule has 2 rings (SSSR count). The van der Waals surface area contributed by atoms with Crippen LogP contribution in [0, 0.1) is 24.4 Å². The Labute approximate surface area is 108 Å². The Morgan fingerprint density at radius 1 is 1.16 bits per heavy atom. The van der Waals surface area contributed by atoms with Gasteiger partial charge in [0.1, 0.15) is 11.5 Å². The third-order valence-electron chi connectivity index (χ3n) is 2.89. The number of aromatic nitrogens is 2. The molecule has 0 fully saturated rings. The summed E-state index contributed by atoms with van der Waals surface area (Å²) in [5, 5.41) is 13.9. The quantitative estimate of drug-likeness (QED) is 0.847. The fraction of sp³-hybridized carbons (Fsp3) is 0.308. The molecule has 1 N–H and O–H groups in total. The second-order valence-electron chi connectivity index (χ2n) is 4.54. The maximum absolute atomic E-state index is 13.7. The third-order valence-corrected chi connectivity index (χ3v) is 2.89. The van der Waals surface area contributed by atoms with Crippen molar-refractivity contribution in [3.63, 3.8) is 0 Å². The average molecular weight is 270 g/mol. The zero-order chi connectivity index (χ0) is 14.3. The van der Waals surface area contributed by atoms with E-state index in [1.807, 2.05) is 13.8 Å². The van der Waals surface area contributed by atoms with Gasteiger partial charge in [0, 0.05) is 6.04 Å². The molecule has 0 bridgehead atoms. The Bertz CT molecular complexity index is 635. The van der Waals surface area contributed by atoms with Crippen LogP contribution in [0.3, 0.4) is 0 Å². The Hall–Kier alpha value is -1.98. The number of halogens is 3. The normalized spacial score (nSPS) is 11.3. The lowest BCUT2D eigenvalue weighted by Crippen LogP contribution is -2.05. The largest absolute Gasteiger partial charge is 0.504 e. The van der Waals surface area contributed by atoms with Gasteiger partial charge in [-0.25, -0.2) is 13.2 Å². The van der Waals surface area contributed by atoms with Crippen molar-refractivity contribution >= 4 is 0 Å². The molecule has 0 aliphatic rings. The molecular formula is C13H13F3N2O. The summed E-state index contributed by atoms with van der Waals surface area (Å²) in [6.45, 7) is 5.18. The van der Waals surface area contributed by atoms with E-state index in [-0.39, 0.29) is 17.5 Å². The number of hydrogen-bond donors (Lipinski definition) is 1. The number of hydrogen-bond acceptors (Lipinski definition) is 2. The van der Waals surface area contributed by atoms with Crippen molar-refractivity contribution in [3.05, 3.63) is 35.3 Å². The SMILES string of the molecule is Cc1c(O)c(-c2c(F)ccc(F)c2F)nn1C(C)C. The molecule has 0 aliphatic carbocycles. The van der Waals surface area contributed by atoms with Crippen molar-refractivity contribution in [1.29, 1.82) is 0 Å². The molecule has 1 aromatic carbocycles. The molecule has 1 aromatic heterocycles. The highest BCUT2D eigenvalue weighted by Gasteiger charge is 2.24. The lowest BCUT2D eigenvalue weighted by Gasteiger charge is -2.06. The predicted octanol–water partition coefficient (Wildman–Crippen LogP) is 3.56. The maximum atomic E-state index is 13.7. The van der Waals surface area contributed by atoms with E-state index in [4.69, 9.17) is 0 Å². The van der Waals surface area contributed by atoms with Gasteiger partial charge in [-0.1, -0.05) is 0 Å². The van der Waals surface area contributed by atoms with Crippen molar-refractivity contribution in [1.82, 2.24) is 9.78 Å². The summed E-state index contributed by atoms with van der Waals surface area (Å²) in [5.41, 5.74) is -0.575. The summed E-state index contributed by atoms with van der Waals surface area (Å²) in [6, 6.07) is 1.40. The molecule has 0 saturated heterocycles. The Morgan fingerprint density at radius 2 is 1.74 bits per heavy atom. The Balaban J connectivity index is 2.73. The smallest absolute Gasteiger partial charge is 0.171 e. The lowest BCUT2D eigenvalue weighted by molar-refractivity contribution is 0.460. The van der Waals surface area contributed by atoms with Crippen LogP contribution in [-0.2, 0) is 0 Å². The second-order valence-corrected chi connectivity index (χ2v) is 4.54. The molecule has 0 spiro atoms. The highest BCUT2D eigenvalue weighted by atomic mass is 19.2. The van der Waals surface area contributed by atoms with Crippen LogP contribution in [0.5, 0.6) is 5.75 Å². The number of rotatable bonds is 2. The molecule has 19 heavy (non-hydrogen) atoms. The van der Waals surface area contributed by atoms with E-state index in [1.165, 1.54) is 4.68 Å². The van der Waals surface area contributed by atoms with Crippen LogP contribution in [0.4, 0.5) is 13.2 Å². The lowest BCUT2D eigenvalue weighted by atomic mass is 10.1. The zero-order valence-corrected chi connectivity index (χ0v) is 10.7. The van der Waals surface area contributed by atoms with Gasteiger partial charge in [-0.15, -0.1) is 0 Å². The third kappa shape index (κ3) is 2.07. The first-order valence-electron chi connectivity index (χ1n) is 5.76. The molecule has 0 aliphatic heterocycles. The maximum Gasteiger partial charge on any atom is 0.171 e. The van der Waals surface area contributed by atoms with Crippen LogP contribution in [0.25, 0.3) is 11.3 Å². The first-order valence-corrected chi connectivity index (χ1v) is 5.76. The van der Waals surface area contributed by atoms with Crippen molar-refractivity contribution < 1.29 is 18.3 Å². The van der Waals surface area contributed by atoms with Crippen molar-refractivity contribution in [3.8, 4) is 17.0 Å². The van der Waals surface area contributed by atoms with Gasteiger partial charge in [0.2, 0.25) is 0 Å². The average Bonchev–Trinajstić information content (AvgIpc) is 2.63. The molecule has 102 valence electrons. The highest BCUT2D eigenvalue weighted by Crippen LogP contribution is 2.36. The van der Waals surface area contributed by atoms with Gasteiger partial charge in [0.05, 0.1) is 11.3 Å². The van der Waals surface area contributed by atoms with Crippen LogP contribution in [-0.4, -0.2) is 14.9 Å². The minimum atomic E-state index is -1.36. The molecular weight excluding hydrogens is 257 g/mol. The first kappa shape index (κ1) is 13.5. The Morgan fingerprint density at radius 3 is 2.26 bits per heavy atom. The van der Waals surface area contributed by atoms with Crippen molar-refractivity contribution in [2.45, 2.75) is 26.8 Å². The molecule has 2 aromatic rings. The number of benzene rings is 1. The van der Waals surface area contributed by atoms with Crippen LogP contribution < -0.4 is 0 Å². The van der Waals surface area contributed by atoms with Crippen LogP contribution in [0.2, 0.25) is 0 Å². The monoisotopic (exact) mass is 270 g/mol. The van der Waals surface area contributed by atoms with Gasteiger partial charge in [-0.05, 0) is 32.9 Å². The summed E-state index contributed by atoms with van der Waals surface area (Å²) in [4.78, 5) is 0. The van der Waals surface area contributed by atoms with E-state index < -0.39 is 23.0 Å². The summed E-state index contributed by atoms with van der Waals surface area (Å²) >= 11 is 0.